The van der Waals surface area contributed by atoms with Crippen LogP contribution in [0.25, 0.3) is 10.9 Å². The van der Waals surface area contributed by atoms with Gasteiger partial charge in [-0.15, -0.1) is 0 Å². The van der Waals surface area contributed by atoms with Crippen molar-refractivity contribution in [1.29, 1.82) is 0 Å². The molecule has 0 saturated carbocycles. The zero-order valence-corrected chi connectivity index (χ0v) is 12.6. The summed E-state index contributed by atoms with van der Waals surface area (Å²) in [7, 11) is 0. The lowest BCUT2D eigenvalue weighted by atomic mass is 10.1. The number of aryl methyl sites for hydroxylation is 1. The van der Waals surface area contributed by atoms with E-state index in [0.717, 1.165) is 28.4 Å². The predicted molar refractivity (Wildman–Crippen MR) is 84.7 cm³/mol. The molecule has 1 aromatic carbocycles. The Bertz CT molecular complexity index is 876. The Morgan fingerprint density at radius 1 is 1.30 bits per heavy atom. The van der Waals surface area contributed by atoms with E-state index in [1.54, 1.807) is 0 Å². The number of fused-ring (bicyclic) bond motifs is 1. The van der Waals surface area contributed by atoms with Crippen molar-refractivity contribution < 1.29 is 19.1 Å². The van der Waals surface area contributed by atoms with Crippen LogP contribution < -0.4 is 5.32 Å². The van der Waals surface area contributed by atoms with E-state index in [2.05, 4.69) is 10.3 Å². The molecule has 23 heavy (non-hydrogen) atoms. The molecule has 0 spiro atoms. The summed E-state index contributed by atoms with van der Waals surface area (Å²) in [5.41, 5.74) is 3.27. The third-order valence-electron chi connectivity index (χ3n) is 3.76. The van der Waals surface area contributed by atoms with E-state index in [4.69, 9.17) is 9.52 Å². The molecule has 0 unspecified atom stereocenters. The summed E-state index contributed by atoms with van der Waals surface area (Å²) in [5, 5.41) is 12.7. The molecule has 0 atom stereocenters. The fourth-order valence-corrected chi connectivity index (χ4v) is 2.61. The number of para-hydroxylation sites is 1. The summed E-state index contributed by atoms with van der Waals surface area (Å²) >= 11 is 0. The van der Waals surface area contributed by atoms with Gasteiger partial charge in [-0.1, -0.05) is 18.2 Å². The van der Waals surface area contributed by atoms with E-state index in [1.807, 2.05) is 31.2 Å². The van der Waals surface area contributed by atoms with Gasteiger partial charge >= 0.3 is 5.97 Å². The van der Waals surface area contributed by atoms with Crippen molar-refractivity contribution in [2.24, 2.45) is 0 Å². The van der Waals surface area contributed by atoms with Gasteiger partial charge in [-0.25, -0.2) is 4.79 Å². The highest BCUT2D eigenvalue weighted by molar-refractivity contribution is 5.95. The molecular formula is C17H16N2O4. The van der Waals surface area contributed by atoms with E-state index in [-0.39, 0.29) is 11.3 Å². The Morgan fingerprint density at radius 3 is 2.83 bits per heavy atom. The molecule has 0 aliphatic rings. The van der Waals surface area contributed by atoms with Gasteiger partial charge in [0.1, 0.15) is 6.26 Å². The highest BCUT2D eigenvalue weighted by Crippen LogP contribution is 2.21. The molecule has 2 heterocycles. The minimum absolute atomic E-state index is 0.00181. The van der Waals surface area contributed by atoms with Crippen molar-refractivity contribution in [3.8, 4) is 0 Å². The van der Waals surface area contributed by atoms with Crippen LogP contribution >= 0.6 is 0 Å². The number of aromatic carboxylic acids is 1. The van der Waals surface area contributed by atoms with Crippen LogP contribution in [0.1, 0.15) is 32.2 Å². The molecular weight excluding hydrogens is 296 g/mol. The minimum atomic E-state index is -1.12. The summed E-state index contributed by atoms with van der Waals surface area (Å²) < 4.78 is 4.97. The molecule has 1 amide bonds. The first-order chi connectivity index (χ1) is 11.1. The number of benzene rings is 1. The third-order valence-corrected chi connectivity index (χ3v) is 3.76. The number of carboxylic acids is 1. The maximum atomic E-state index is 12.0. The second kappa shape index (κ2) is 6.00. The zero-order chi connectivity index (χ0) is 16.4. The number of hydrogen-bond donors (Lipinski definition) is 3. The van der Waals surface area contributed by atoms with Crippen LogP contribution in [0.5, 0.6) is 0 Å². The molecule has 6 nitrogen and oxygen atoms in total. The zero-order valence-electron chi connectivity index (χ0n) is 12.6. The highest BCUT2D eigenvalue weighted by Gasteiger charge is 2.15. The monoisotopic (exact) mass is 312 g/mol. The average molecular weight is 312 g/mol. The number of amides is 1. The Balaban J connectivity index is 1.65. The molecule has 3 N–H and O–H groups in total. The van der Waals surface area contributed by atoms with Crippen molar-refractivity contribution in [1.82, 2.24) is 10.3 Å². The summed E-state index contributed by atoms with van der Waals surface area (Å²) in [5.74, 6) is -1.55. The van der Waals surface area contributed by atoms with E-state index in [1.165, 1.54) is 6.07 Å². The summed E-state index contributed by atoms with van der Waals surface area (Å²) in [6, 6.07) is 9.23. The first-order valence-electron chi connectivity index (χ1n) is 7.22. The van der Waals surface area contributed by atoms with Gasteiger partial charge in [-0.2, -0.15) is 0 Å². The Labute approximate surface area is 132 Å². The number of carbonyl (C=O) groups is 2. The number of furan rings is 1. The lowest BCUT2D eigenvalue weighted by Gasteiger charge is -2.04. The number of rotatable bonds is 5. The predicted octanol–water partition coefficient (Wildman–Crippen LogP) is 2.74. The van der Waals surface area contributed by atoms with Crippen LogP contribution in [0.15, 0.2) is 41.0 Å². The maximum absolute atomic E-state index is 12.0. The van der Waals surface area contributed by atoms with E-state index >= 15 is 0 Å². The molecule has 0 aliphatic carbocycles. The van der Waals surface area contributed by atoms with Crippen LogP contribution in [0, 0.1) is 6.92 Å². The third kappa shape index (κ3) is 2.96. The normalized spacial score (nSPS) is 10.8. The summed E-state index contributed by atoms with van der Waals surface area (Å²) in [6.07, 6.45) is 1.73. The lowest BCUT2D eigenvalue weighted by molar-refractivity contribution is 0.0696. The Hall–Kier alpha value is -3.02. The van der Waals surface area contributed by atoms with Gasteiger partial charge in [-0.05, 0) is 25.0 Å². The van der Waals surface area contributed by atoms with Crippen LogP contribution in [0.2, 0.25) is 0 Å². The summed E-state index contributed by atoms with van der Waals surface area (Å²) in [6.45, 7) is 2.44. The van der Waals surface area contributed by atoms with Crippen molar-refractivity contribution in [2.45, 2.75) is 13.3 Å². The molecule has 0 bridgehead atoms. The van der Waals surface area contributed by atoms with E-state index < -0.39 is 11.9 Å². The molecule has 3 rings (SSSR count). The maximum Gasteiger partial charge on any atom is 0.338 e. The largest absolute Gasteiger partial charge is 0.478 e. The van der Waals surface area contributed by atoms with Crippen LogP contribution in [-0.2, 0) is 6.42 Å². The standard InChI is InChI=1S/C17H16N2O4/c1-10-12(13-4-2-3-5-14(13)19-10)6-7-18-16(20)15-8-11(9-23-15)17(21)22/h2-5,8-9,19H,6-7H2,1H3,(H,18,20)(H,21,22). The fourth-order valence-electron chi connectivity index (χ4n) is 2.61. The number of carbonyl (C=O) groups excluding carboxylic acids is 1. The average Bonchev–Trinajstić information content (AvgIpc) is 3.12. The molecule has 2 aromatic heterocycles. The van der Waals surface area contributed by atoms with Gasteiger partial charge in [0.25, 0.3) is 5.91 Å². The second-order valence-electron chi connectivity index (χ2n) is 5.28. The molecule has 0 fully saturated rings. The fraction of sp³-hybridized carbons (Fsp3) is 0.176. The molecule has 118 valence electrons. The van der Waals surface area contributed by atoms with E-state index in [0.29, 0.717) is 13.0 Å². The lowest BCUT2D eigenvalue weighted by Crippen LogP contribution is -2.25. The van der Waals surface area contributed by atoms with Crippen LogP contribution in [-0.4, -0.2) is 28.5 Å². The number of H-pyrrole nitrogens is 1. The quantitative estimate of drug-likeness (QED) is 0.675. The first kappa shape index (κ1) is 14.9. The van der Waals surface area contributed by atoms with Gasteiger partial charge in [0.05, 0.1) is 5.56 Å². The molecule has 3 aromatic rings. The van der Waals surface area contributed by atoms with Crippen LogP contribution in [0.4, 0.5) is 0 Å². The Kier molecular flexibility index (Phi) is 3.89. The smallest absolute Gasteiger partial charge is 0.338 e. The minimum Gasteiger partial charge on any atom is -0.478 e. The highest BCUT2D eigenvalue weighted by atomic mass is 16.4. The number of aromatic amines is 1. The second-order valence-corrected chi connectivity index (χ2v) is 5.28. The van der Waals surface area contributed by atoms with Crippen molar-refractivity contribution in [3.05, 3.63) is 59.2 Å². The Morgan fingerprint density at radius 2 is 2.09 bits per heavy atom. The molecule has 0 radical (unpaired) electrons. The first-order valence-corrected chi connectivity index (χ1v) is 7.22. The molecule has 0 saturated heterocycles. The van der Waals surface area contributed by atoms with Crippen molar-refractivity contribution in [3.63, 3.8) is 0 Å². The number of carboxylic acid groups (broad SMARTS) is 1. The van der Waals surface area contributed by atoms with Gasteiger partial charge in [-0.3, -0.25) is 4.79 Å². The van der Waals surface area contributed by atoms with Gasteiger partial charge in [0.2, 0.25) is 0 Å². The van der Waals surface area contributed by atoms with Gasteiger partial charge in [0.15, 0.2) is 5.76 Å². The molecule has 6 heteroatoms. The molecule has 0 aliphatic heterocycles. The van der Waals surface area contributed by atoms with Gasteiger partial charge in [0, 0.05) is 29.2 Å². The van der Waals surface area contributed by atoms with Crippen molar-refractivity contribution >= 4 is 22.8 Å². The van der Waals surface area contributed by atoms with E-state index in [9.17, 15) is 9.59 Å². The topological polar surface area (TPSA) is 95.3 Å². The SMILES string of the molecule is Cc1[nH]c2ccccc2c1CCNC(=O)c1cc(C(=O)O)co1. The summed E-state index contributed by atoms with van der Waals surface area (Å²) in [4.78, 5) is 26.0. The number of hydrogen-bond acceptors (Lipinski definition) is 3. The van der Waals surface area contributed by atoms with Crippen LogP contribution in [0.3, 0.4) is 0 Å². The number of aromatic nitrogens is 1. The van der Waals surface area contributed by atoms with Crippen molar-refractivity contribution in [2.75, 3.05) is 6.54 Å². The number of nitrogens with one attached hydrogen (secondary N) is 2. The van der Waals surface area contributed by atoms with Gasteiger partial charge < -0.3 is 19.8 Å².